The number of rotatable bonds is 3. The summed E-state index contributed by atoms with van der Waals surface area (Å²) in [5, 5.41) is 17.2. The molecule has 0 unspecified atom stereocenters. The molecule has 2 aromatic heterocycles. The Kier molecular flexibility index (Phi) is 2.95. The fourth-order valence-corrected chi connectivity index (χ4v) is 2.44. The van der Waals surface area contributed by atoms with Crippen LogP contribution in [0.3, 0.4) is 0 Å². The van der Waals surface area contributed by atoms with Gasteiger partial charge in [-0.3, -0.25) is 4.40 Å². The zero-order chi connectivity index (χ0) is 12.4. The molecule has 0 atom stereocenters. The molecule has 1 saturated heterocycles. The highest BCUT2D eigenvalue weighted by atomic mass is 15.2. The molecule has 2 aromatic rings. The first-order chi connectivity index (χ1) is 8.86. The molecule has 92 valence electrons. The van der Waals surface area contributed by atoms with Gasteiger partial charge in [0.1, 0.15) is 5.82 Å². The summed E-state index contributed by atoms with van der Waals surface area (Å²) in [6.07, 6.45) is 5.42. The average Bonchev–Trinajstić information content (AvgIpc) is 3.05. The molecule has 0 aromatic carbocycles. The number of hydrogen-bond acceptors (Lipinski definition) is 4. The minimum Gasteiger partial charge on any atom is -0.303 e. The summed E-state index contributed by atoms with van der Waals surface area (Å²) in [7, 11) is 0. The Balaban J connectivity index is 1.78. The van der Waals surface area contributed by atoms with Gasteiger partial charge in [-0.25, -0.2) is 0 Å². The first-order valence-electron chi connectivity index (χ1n) is 6.33. The van der Waals surface area contributed by atoms with E-state index in [2.05, 4.69) is 21.2 Å². The van der Waals surface area contributed by atoms with Gasteiger partial charge in [-0.2, -0.15) is 5.26 Å². The van der Waals surface area contributed by atoms with E-state index in [9.17, 15) is 0 Å². The molecule has 0 bridgehead atoms. The molecule has 1 fully saturated rings. The van der Waals surface area contributed by atoms with Crippen molar-refractivity contribution in [3.8, 4) is 6.07 Å². The van der Waals surface area contributed by atoms with Crippen LogP contribution in [0.5, 0.6) is 0 Å². The fourth-order valence-electron chi connectivity index (χ4n) is 2.44. The number of nitrogens with zero attached hydrogens (tertiary/aromatic N) is 5. The molecule has 3 heterocycles. The molecule has 0 amide bonds. The summed E-state index contributed by atoms with van der Waals surface area (Å²) in [5.74, 6) is 0.974. The van der Waals surface area contributed by atoms with Gasteiger partial charge in [-0.1, -0.05) is 0 Å². The van der Waals surface area contributed by atoms with E-state index in [0.717, 1.165) is 24.4 Å². The third-order valence-corrected chi connectivity index (χ3v) is 3.46. The summed E-state index contributed by atoms with van der Waals surface area (Å²) >= 11 is 0. The van der Waals surface area contributed by atoms with Crippen LogP contribution in [0.15, 0.2) is 18.3 Å². The maximum absolute atomic E-state index is 8.84. The molecule has 0 aliphatic carbocycles. The van der Waals surface area contributed by atoms with Crippen LogP contribution in [-0.2, 0) is 6.42 Å². The SMILES string of the molecule is N#Cc1ccn2c(CCN3CCCC3)nnc2c1. The molecule has 5 heteroatoms. The van der Waals surface area contributed by atoms with E-state index in [1.54, 1.807) is 12.1 Å². The predicted octanol–water partition coefficient (Wildman–Crippen LogP) is 1.24. The maximum Gasteiger partial charge on any atom is 0.162 e. The third kappa shape index (κ3) is 2.07. The summed E-state index contributed by atoms with van der Waals surface area (Å²) in [6.45, 7) is 3.45. The molecule has 0 radical (unpaired) electrons. The highest BCUT2D eigenvalue weighted by Gasteiger charge is 2.13. The van der Waals surface area contributed by atoms with Crippen molar-refractivity contribution in [2.45, 2.75) is 19.3 Å². The Morgan fingerprint density at radius 2 is 2.11 bits per heavy atom. The van der Waals surface area contributed by atoms with Gasteiger partial charge in [0.05, 0.1) is 11.6 Å². The predicted molar refractivity (Wildman–Crippen MR) is 67.1 cm³/mol. The van der Waals surface area contributed by atoms with Gasteiger partial charge in [-0.05, 0) is 32.0 Å². The van der Waals surface area contributed by atoms with Gasteiger partial charge in [0.15, 0.2) is 5.65 Å². The Morgan fingerprint density at radius 3 is 2.89 bits per heavy atom. The lowest BCUT2D eigenvalue weighted by Crippen LogP contribution is -2.22. The lowest BCUT2D eigenvalue weighted by molar-refractivity contribution is 0.340. The monoisotopic (exact) mass is 241 g/mol. The molecule has 18 heavy (non-hydrogen) atoms. The van der Waals surface area contributed by atoms with Crippen molar-refractivity contribution < 1.29 is 0 Å². The van der Waals surface area contributed by atoms with Gasteiger partial charge < -0.3 is 4.90 Å². The molecule has 5 nitrogen and oxygen atoms in total. The van der Waals surface area contributed by atoms with E-state index in [1.165, 1.54) is 25.9 Å². The lowest BCUT2D eigenvalue weighted by Gasteiger charge is -2.12. The normalized spacial score (nSPS) is 16.2. The van der Waals surface area contributed by atoms with E-state index >= 15 is 0 Å². The van der Waals surface area contributed by atoms with Gasteiger partial charge in [0, 0.05) is 25.2 Å². The van der Waals surface area contributed by atoms with E-state index in [0.29, 0.717) is 5.56 Å². The molecule has 1 aliphatic rings. The Bertz CT molecular complexity index is 589. The molecular weight excluding hydrogens is 226 g/mol. The summed E-state index contributed by atoms with van der Waals surface area (Å²) < 4.78 is 1.97. The molecular formula is C13H15N5. The van der Waals surface area contributed by atoms with E-state index in [-0.39, 0.29) is 0 Å². The second-order valence-electron chi connectivity index (χ2n) is 4.67. The first-order valence-corrected chi connectivity index (χ1v) is 6.33. The van der Waals surface area contributed by atoms with Crippen molar-refractivity contribution in [3.63, 3.8) is 0 Å². The van der Waals surface area contributed by atoms with Gasteiger partial charge in [0.25, 0.3) is 0 Å². The van der Waals surface area contributed by atoms with Crippen molar-refractivity contribution in [2.24, 2.45) is 0 Å². The molecule has 0 saturated carbocycles. The maximum atomic E-state index is 8.84. The number of fused-ring (bicyclic) bond motifs is 1. The van der Waals surface area contributed by atoms with Crippen molar-refractivity contribution in [1.82, 2.24) is 19.5 Å². The second-order valence-corrected chi connectivity index (χ2v) is 4.67. The largest absolute Gasteiger partial charge is 0.303 e. The first kappa shape index (κ1) is 11.2. The number of hydrogen-bond donors (Lipinski definition) is 0. The van der Waals surface area contributed by atoms with Crippen LogP contribution in [0, 0.1) is 11.3 Å². The van der Waals surface area contributed by atoms with Crippen LogP contribution in [0.2, 0.25) is 0 Å². The Morgan fingerprint density at radius 1 is 1.28 bits per heavy atom. The Labute approximate surface area is 106 Å². The van der Waals surface area contributed by atoms with Crippen molar-refractivity contribution >= 4 is 5.65 Å². The quantitative estimate of drug-likeness (QED) is 0.811. The highest BCUT2D eigenvalue weighted by molar-refractivity contribution is 5.45. The van der Waals surface area contributed by atoms with Crippen molar-refractivity contribution in [2.75, 3.05) is 19.6 Å². The van der Waals surface area contributed by atoms with Crippen LogP contribution in [0.1, 0.15) is 24.2 Å². The second kappa shape index (κ2) is 4.75. The molecule has 0 spiro atoms. The average molecular weight is 241 g/mol. The van der Waals surface area contributed by atoms with Crippen molar-refractivity contribution in [3.05, 3.63) is 29.7 Å². The van der Waals surface area contributed by atoms with Gasteiger partial charge in [-0.15, -0.1) is 10.2 Å². The van der Waals surface area contributed by atoms with Crippen LogP contribution in [0.4, 0.5) is 0 Å². The third-order valence-electron chi connectivity index (χ3n) is 3.46. The van der Waals surface area contributed by atoms with Gasteiger partial charge in [0.2, 0.25) is 0 Å². The summed E-state index contributed by atoms with van der Waals surface area (Å²) in [6, 6.07) is 5.69. The van der Waals surface area contributed by atoms with Gasteiger partial charge >= 0.3 is 0 Å². The number of nitriles is 1. The minimum atomic E-state index is 0.626. The standard InChI is InChI=1S/C13H15N5/c14-10-11-3-8-18-12(15-16-13(18)9-11)4-7-17-5-1-2-6-17/h3,8-9H,1-2,4-7H2. The number of pyridine rings is 1. The Hall–Kier alpha value is -1.93. The zero-order valence-corrected chi connectivity index (χ0v) is 10.2. The molecule has 1 aliphatic heterocycles. The molecule has 0 N–H and O–H groups in total. The van der Waals surface area contributed by atoms with Crippen molar-refractivity contribution in [1.29, 1.82) is 5.26 Å². The highest BCUT2D eigenvalue weighted by Crippen LogP contribution is 2.10. The van der Waals surface area contributed by atoms with E-state index in [1.807, 2.05) is 10.6 Å². The van der Waals surface area contributed by atoms with Crippen LogP contribution in [0.25, 0.3) is 5.65 Å². The van der Waals surface area contributed by atoms with Crippen LogP contribution >= 0.6 is 0 Å². The molecule has 3 rings (SSSR count). The zero-order valence-electron chi connectivity index (χ0n) is 10.2. The fraction of sp³-hybridized carbons (Fsp3) is 0.462. The van der Waals surface area contributed by atoms with E-state index < -0.39 is 0 Å². The smallest absolute Gasteiger partial charge is 0.162 e. The number of likely N-dealkylation sites (tertiary alicyclic amines) is 1. The topological polar surface area (TPSA) is 57.2 Å². The van der Waals surface area contributed by atoms with Crippen LogP contribution < -0.4 is 0 Å². The minimum absolute atomic E-state index is 0.626. The van der Waals surface area contributed by atoms with E-state index in [4.69, 9.17) is 5.26 Å². The summed E-state index contributed by atoms with van der Waals surface area (Å²) in [5.41, 5.74) is 1.38. The summed E-state index contributed by atoms with van der Waals surface area (Å²) in [4.78, 5) is 2.46. The van der Waals surface area contributed by atoms with Crippen LogP contribution in [-0.4, -0.2) is 39.1 Å². The number of aromatic nitrogens is 3. The lowest BCUT2D eigenvalue weighted by atomic mass is 10.3.